The van der Waals surface area contributed by atoms with Crippen LogP contribution in [0.2, 0.25) is 0 Å². The minimum Gasteiger partial charge on any atom is -0.301 e. The molecule has 82 valence electrons. The topological polar surface area (TPSA) is 61.4 Å². The van der Waals surface area contributed by atoms with Gasteiger partial charge in [0.25, 0.3) is 0 Å². The van der Waals surface area contributed by atoms with Crippen LogP contribution >= 0.6 is 0 Å². The van der Waals surface area contributed by atoms with E-state index in [1.807, 2.05) is 0 Å². The van der Waals surface area contributed by atoms with Crippen molar-refractivity contribution in [1.29, 1.82) is 0 Å². The van der Waals surface area contributed by atoms with Crippen molar-refractivity contribution in [3.8, 4) is 0 Å². The van der Waals surface area contributed by atoms with Crippen LogP contribution in [0.25, 0.3) is 5.70 Å². The SMILES string of the molecule is C=C1c2c(n[nH]c2C2CC2)C=NN1CC=O. The van der Waals surface area contributed by atoms with E-state index in [-0.39, 0.29) is 6.54 Å². The van der Waals surface area contributed by atoms with E-state index in [9.17, 15) is 4.79 Å². The molecule has 0 aromatic carbocycles. The largest absolute Gasteiger partial charge is 0.301 e. The fraction of sp³-hybridized carbons (Fsp3) is 0.364. The lowest BCUT2D eigenvalue weighted by molar-refractivity contribution is -0.108. The smallest absolute Gasteiger partial charge is 0.141 e. The van der Waals surface area contributed by atoms with Crippen LogP contribution in [-0.4, -0.2) is 34.3 Å². The van der Waals surface area contributed by atoms with E-state index >= 15 is 0 Å². The lowest BCUT2D eigenvalue weighted by Crippen LogP contribution is -2.22. The second kappa shape index (κ2) is 3.30. The molecule has 0 bridgehead atoms. The standard InChI is InChI=1S/C11H12N4O/c1-7-10-9(6-12-15(7)4-5-16)13-14-11(10)8-2-3-8/h5-6,8H,1-4H2,(H,13,14). The Morgan fingerprint density at radius 1 is 1.62 bits per heavy atom. The molecule has 0 saturated heterocycles. The highest BCUT2D eigenvalue weighted by molar-refractivity contribution is 5.89. The van der Waals surface area contributed by atoms with Crippen LogP contribution in [0.1, 0.15) is 35.7 Å². The van der Waals surface area contributed by atoms with Gasteiger partial charge in [-0.1, -0.05) is 6.58 Å². The summed E-state index contributed by atoms with van der Waals surface area (Å²) in [7, 11) is 0. The molecule has 1 aliphatic carbocycles. The summed E-state index contributed by atoms with van der Waals surface area (Å²) >= 11 is 0. The summed E-state index contributed by atoms with van der Waals surface area (Å²) in [6.07, 6.45) is 4.90. The van der Waals surface area contributed by atoms with E-state index in [0.717, 1.165) is 28.9 Å². The van der Waals surface area contributed by atoms with Gasteiger partial charge < -0.3 is 4.79 Å². The fourth-order valence-electron chi connectivity index (χ4n) is 1.99. The summed E-state index contributed by atoms with van der Waals surface area (Å²) in [5, 5.41) is 13.0. The molecule has 2 heterocycles. The van der Waals surface area contributed by atoms with Crippen LogP contribution < -0.4 is 0 Å². The van der Waals surface area contributed by atoms with Crippen molar-refractivity contribution in [3.05, 3.63) is 23.5 Å². The molecule has 0 atom stereocenters. The van der Waals surface area contributed by atoms with Gasteiger partial charge in [-0.25, -0.2) is 0 Å². The molecule has 0 amide bonds. The first kappa shape index (κ1) is 9.33. The number of aromatic nitrogens is 2. The molecule has 0 radical (unpaired) electrons. The Labute approximate surface area is 92.8 Å². The molecule has 1 aromatic heterocycles. The van der Waals surface area contributed by atoms with E-state index in [1.54, 1.807) is 11.2 Å². The van der Waals surface area contributed by atoms with Gasteiger partial charge in [0.15, 0.2) is 0 Å². The fourth-order valence-corrected chi connectivity index (χ4v) is 1.99. The number of fused-ring (bicyclic) bond motifs is 1. The van der Waals surface area contributed by atoms with Crippen molar-refractivity contribution in [2.75, 3.05) is 6.54 Å². The van der Waals surface area contributed by atoms with E-state index in [4.69, 9.17) is 0 Å². The lowest BCUT2D eigenvalue weighted by atomic mass is 10.1. The summed E-state index contributed by atoms with van der Waals surface area (Å²) in [5.41, 5.74) is 3.76. The van der Waals surface area contributed by atoms with Crippen LogP contribution in [0.3, 0.4) is 0 Å². The van der Waals surface area contributed by atoms with Crippen molar-refractivity contribution < 1.29 is 4.79 Å². The minimum absolute atomic E-state index is 0.240. The van der Waals surface area contributed by atoms with E-state index in [0.29, 0.717) is 5.92 Å². The maximum atomic E-state index is 10.5. The number of rotatable bonds is 3. The number of nitrogens with zero attached hydrogens (tertiary/aromatic N) is 3. The van der Waals surface area contributed by atoms with Crippen LogP contribution in [-0.2, 0) is 4.79 Å². The van der Waals surface area contributed by atoms with Gasteiger partial charge >= 0.3 is 0 Å². The van der Waals surface area contributed by atoms with Crippen LogP contribution in [0.4, 0.5) is 0 Å². The first-order valence-corrected chi connectivity index (χ1v) is 5.34. The average Bonchev–Trinajstić information content (AvgIpc) is 3.03. The molecule has 16 heavy (non-hydrogen) atoms. The summed E-state index contributed by atoms with van der Waals surface area (Å²) in [4.78, 5) is 10.5. The van der Waals surface area contributed by atoms with Gasteiger partial charge in [-0.3, -0.25) is 10.1 Å². The predicted molar refractivity (Wildman–Crippen MR) is 60.0 cm³/mol. The van der Waals surface area contributed by atoms with Crippen LogP contribution in [0, 0.1) is 0 Å². The Morgan fingerprint density at radius 2 is 2.44 bits per heavy atom. The normalized spacial score (nSPS) is 18.8. The highest BCUT2D eigenvalue weighted by atomic mass is 16.1. The summed E-state index contributed by atoms with van der Waals surface area (Å²) in [6.45, 7) is 4.23. The molecule has 2 aliphatic rings. The highest BCUT2D eigenvalue weighted by Crippen LogP contribution is 2.43. The van der Waals surface area contributed by atoms with Crippen LogP contribution in [0.5, 0.6) is 0 Å². The average molecular weight is 216 g/mol. The van der Waals surface area contributed by atoms with Gasteiger partial charge in [-0.2, -0.15) is 10.2 Å². The zero-order valence-electron chi connectivity index (χ0n) is 8.81. The second-order valence-corrected chi connectivity index (χ2v) is 4.11. The predicted octanol–water partition coefficient (Wildman–Crippen LogP) is 1.11. The maximum Gasteiger partial charge on any atom is 0.141 e. The molecule has 3 rings (SSSR count). The van der Waals surface area contributed by atoms with Gasteiger partial charge in [-0.15, -0.1) is 0 Å². The molecule has 1 saturated carbocycles. The summed E-state index contributed by atoms with van der Waals surface area (Å²) < 4.78 is 0. The van der Waals surface area contributed by atoms with Gasteiger partial charge in [0.05, 0.1) is 18.5 Å². The quantitative estimate of drug-likeness (QED) is 0.770. The number of aldehydes is 1. The molecule has 1 fully saturated rings. The second-order valence-electron chi connectivity index (χ2n) is 4.11. The Balaban J connectivity index is 2.01. The van der Waals surface area contributed by atoms with Gasteiger partial charge in [-0.05, 0) is 12.8 Å². The maximum absolute atomic E-state index is 10.5. The van der Waals surface area contributed by atoms with E-state index < -0.39 is 0 Å². The zero-order valence-corrected chi connectivity index (χ0v) is 8.81. The molecule has 1 aromatic rings. The zero-order chi connectivity index (χ0) is 11.1. The number of H-pyrrole nitrogens is 1. The number of nitrogens with one attached hydrogen (secondary N) is 1. The molecular formula is C11H12N4O. The van der Waals surface area contributed by atoms with Gasteiger partial charge in [0.1, 0.15) is 12.0 Å². The first-order chi connectivity index (χ1) is 7.81. The number of hydrazone groups is 1. The molecule has 1 N–H and O–H groups in total. The lowest BCUT2D eigenvalue weighted by Gasteiger charge is -2.22. The van der Waals surface area contributed by atoms with Crippen molar-refractivity contribution in [2.24, 2.45) is 5.10 Å². The molecular weight excluding hydrogens is 204 g/mol. The molecule has 1 aliphatic heterocycles. The number of aromatic amines is 1. The molecule has 5 heteroatoms. The molecule has 0 spiro atoms. The molecule has 5 nitrogen and oxygen atoms in total. The number of hydrogen-bond donors (Lipinski definition) is 1. The third kappa shape index (κ3) is 1.28. The summed E-state index contributed by atoms with van der Waals surface area (Å²) in [6, 6.07) is 0. The third-order valence-electron chi connectivity index (χ3n) is 2.97. The number of hydrogen-bond acceptors (Lipinski definition) is 4. The third-order valence-corrected chi connectivity index (χ3v) is 2.97. The number of carbonyl (C=O) groups excluding carboxylic acids is 1. The van der Waals surface area contributed by atoms with Gasteiger partial charge in [0, 0.05) is 17.2 Å². The van der Waals surface area contributed by atoms with Crippen molar-refractivity contribution >= 4 is 18.2 Å². The van der Waals surface area contributed by atoms with Crippen molar-refractivity contribution in [3.63, 3.8) is 0 Å². The molecule has 0 unspecified atom stereocenters. The van der Waals surface area contributed by atoms with E-state index in [2.05, 4.69) is 21.9 Å². The Kier molecular flexibility index (Phi) is 1.92. The van der Waals surface area contributed by atoms with Gasteiger partial charge in [0.2, 0.25) is 0 Å². The van der Waals surface area contributed by atoms with Crippen molar-refractivity contribution in [1.82, 2.24) is 15.2 Å². The Bertz CT molecular complexity index is 484. The van der Waals surface area contributed by atoms with Crippen LogP contribution in [0.15, 0.2) is 11.7 Å². The minimum atomic E-state index is 0.240. The van der Waals surface area contributed by atoms with E-state index in [1.165, 1.54) is 12.8 Å². The van der Waals surface area contributed by atoms with Crippen molar-refractivity contribution in [2.45, 2.75) is 18.8 Å². The number of carbonyl (C=O) groups is 1. The Morgan fingerprint density at radius 3 is 3.12 bits per heavy atom. The summed E-state index contributed by atoms with van der Waals surface area (Å²) in [5.74, 6) is 0.581. The highest BCUT2D eigenvalue weighted by Gasteiger charge is 2.32. The Hall–Kier alpha value is -1.91. The monoisotopic (exact) mass is 216 g/mol. The first-order valence-electron chi connectivity index (χ1n) is 5.34.